The molecule has 1 heterocycles. The minimum Gasteiger partial charge on any atom is -0.361 e. The zero-order valence-electron chi connectivity index (χ0n) is 9.23. The number of aromatic amines is 1. The molecular weight excluding hydrogens is 200 g/mol. The summed E-state index contributed by atoms with van der Waals surface area (Å²) in [4.78, 5) is 16.9. The van der Waals surface area contributed by atoms with Crippen molar-refractivity contribution in [3.05, 3.63) is 48.7 Å². The Labute approximate surface area is 94.4 Å². The highest BCUT2D eigenvalue weighted by atomic mass is 16.2. The van der Waals surface area contributed by atoms with Crippen LogP contribution in [0.2, 0.25) is 0 Å². The second-order valence-electron chi connectivity index (χ2n) is 3.72. The van der Waals surface area contributed by atoms with Crippen molar-refractivity contribution in [3.8, 4) is 0 Å². The van der Waals surface area contributed by atoms with Crippen molar-refractivity contribution in [2.24, 2.45) is 0 Å². The maximum Gasteiger partial charge on any atom is 0.254 e. The van der Waals surface area contributed by atoms with Crippen LogP contribution in [0.3, 0.4) is 0 Å². The summed E-state index contributed by atoms with van der Waals surface area (Å²) in [5, 5.41) is 0.961. The highest BCUT2D eigenvalue weighted by Crippen LogP contribution is 2.18. The van der Waals surface area contributed by atoms with Gasteiger partial charge in [0, 0.05) is 36.3 Å². The zero-order chi connectivity index (χ0) is 11.5. The van der Waals surface area contributed by atoms with Crippen LogP contribution in [-0.2, 0) is 0 Å². The van der Waals surface area contributed by atoms with E-state index in [1.54, 1.807) is 18.0 Å². The number of benzene rings is 1. The predicted molar refractivity (Wildman–Crippen MR) is 65.5 cm³/mol. The summed E-state index contributed by atoms with van der Waals surface area (Å²) in [5.41, 5.74) is 1.71. The fourth-order valence-electron chi connectivity index (χ4n) is 1.75. The van der Waals surface area contributed by atoms with E-state index in [1.165, 1.54) is 0 Å². The van der Waals surface area contributed by atoms with Crippen molar-refractivity contribution in [1.29, 1.82) is 0 Å². The lowest BCUT2D eigenvalue weighted by molar-refractivity contribution is 0.0812. The quantitative estimate of drug-likeness (QED) is 0.783. The Bertz CT molecular complexity index is 527. The molecule has 2 rings (SSSR count). The average molecular weight is 214 g/mol. The molecule has 0 spiro atoms. The number of nitrogens with one attached hydrogen (secondary N) is 1. The molecule has 0 aliphatic rings. The summed E-state index contributed by atoms with van der Waals surface area (Å²) in [5.74, 6) is 0.0186. The van der Waals surface area contributed by atoms with Crippen molar-refractivity contribution in [1.82, 2.24) is 9.88 Å². The van der Waals surface area contributed by atoms with E-state index in [-0.39, 0.29) is 5.91 Å². The highest BCUT2D eigenvalue weighted by Gasteiger charge is 2.13. The molecule has 0 aliphatic carbocycles. The second-order valence-corrected chi connectivity index (χ2v) is 3.72. The SMILES string of the molecule is C=CCN(C)C(=O)c1cccc2[nH]ccc12. The van der Waals surface area contributed by atoms with Crippen LogP contribution in [0, 0.1) is 0 Å². The number of carbonyl (C=O) groups excluding carboxylic acids is 1. The van der Waals surface area contributed by atoms with Crippen molar-refractivity contribution in [2.45, 2.75) is 0 Å². The van der Waals surface area contributed by atoms with Gasteiger partial charge >= 0.3 is 0 Å². The summed E-state index contributed by atoms with van der Waals surface area (Å²) >= 11 is 0. The molecule has 16 heavy (non-hydrogen) atoms. The molecule has 3 nitrogen and oxygen atoms in total. The molecule has 1 aromatic carbocycles. The Hall–Kier alpha value is -2.03. The lowest BCUT2D eigenvalue weighted by Gasteiger charge is -2.15. The van der Waals surface area contributed by atoms with Crippen LogP contribution < -0.4 is 0 Å². The molecule has 0 atom stereocenters. The number of H-pyrrole nitrogens is 1. The first-order valence-electron chi connectivity index (χ1n) is 5.16. The van der Waals surface area contributed by atoms with E-state index in [9.17, 15) is 4.79 Å². The van der Waals surface area contributed by atoms with Gasteiger partial charge < -0.3 is 9.88 Å². The molecule has 2 aromatic rings. The van der Waals surface area contributed by atoms with Gasteiger partial charge in [-0.2, -0.15) is 0 Å². The van der Waals surface area contributed by atoms with Crippen molar-refractivity contribution < 1.29 is 4.79 Å². The third kappa shape index (κ3) is 1.72. The van der Waals surface area contributed by atoms with Gasteiger partial charge in [0.05, 0.1) is 0 Å². The third-order valence-electron chi connectivity index (χ3n) is 2.58. The number of likely N-dealkylation sites (N-methyl/N-ethyl adjacent to an activating group) is 1. The molecule has 0 unspecified atom stereocenters. The molecule has 1 amide bonds. The van der Waals surface area contributed by atoms with Gasteiger partial charge in [-0.15, -0.1) is 6.58 Å². The first-order chi connectivity index (χ1) is 7.74. The number of carbonyl (C=O) groups is 1. The van der Waals surface area contributed by atoms with E-state index in [0.717, 1.165) is 16.5 Å². The average Bonchev–Trinajstić information content (AvgIpc) is 2.76. The van der Waals surface area contributed by atoms with Gasteiger partial charge in [0.15, 0.2) is 0 Å². The standard InChI is InChI=1S/C13H14N2O/c1-3-9-15(2)13(16)11-5-4-6-12-10(11)7-8-14-12/h3-8,14H,1,9H2,2H3. The fourth-order valence-corrected chi connectivity index (χ4v) is 1.75. The van der Waals surface area contributed by atoms with E-state index < -0.39 is 0 Å². The molecule has 1 aromatic heterocycles. The lowest BCUT2D eigenvalue weighted by Crippen LogP contribution is -2.26. The molecule has 0 radical (unpaired) electrons. The number of hydrogen-bond acceptors (Lipinski definition) is 1. The number of rotatable bonds is 3. The van der Waals surface area contributed by atoms with Crippen molar-refractivity contribution >= 4 is 16.8 Å². The highest BCUT2D eigenvalue weighted by molar-refractivity contribution is 6.06. The maximum absolute atomic E-state index is 12.1. The molecule has 3 heteroatoms. The summed E-state index contributed by atoms with van der Waals surface area (Å²) in [6.07, 6.45) is 3.56. The van der Waals surface area contributed by atoms with E-state index in [2.05, 4.69) is 11.6 Å². The van der Waals surface area contributed by atoms with Gasteiger partial charge in [-0.1, -0.05) is 12.1 Å². The Morgan fingerprint density at radius 1 is 1.50 bits per heavy atom. The number of hydrogen-bond donors (Lipinski definition) is 1. The van der Waals surface area contributed by atoms with Crippen LogP contribution in [-0.4, -0.2) is 29.4 Å². The fraction of sp³-hybridized carbons (Fsp3) is 0.154. The number of aromatic nitrogens is 1. The predicted octanol–water partition coefficient (Wildman–Crippen LogP) is 2.43. The van der Waals surface area contributed by atoms with Crippen LogP contribution in [0.15, 0.2) is 43.1 Å². The summed E-state index contributed by atoms with van der Waals surface area (Å²) in [6, 6.07) is 7.61. The molecule has 82 valence electrons. The van der Waals surface area contributed by atoms with E-state index in [4.69, 9.17) is 0 Å². The lowest BCUT2D eigenvalue weighted by atomic mass is 10.1. The Kier molecular flexibility index (Phi) is 2.77. The van der Waals surface area contributed by atoms with Crippen LogP contribution in [0.1, 0.15) is 10.4 Å². The van der Waals surface area contributed by atoms with Crippen molar-refractivity contribution in [3.63, 3.8) is 0 Å². The summed E-state index contributed by atoms with van der Waals surface area (Å²) in [7, 11) is 1.77. The summed E-state index contributed by atoms with van der Waals surface area (Å²) in [6.45, 7) is 4.18. The number of nitrogens with zero attached hydrogens (tertiary/aromatic N) is 1. The van der Waals surface area contributed by atoms with Crippen LogP contribution in [0.25, 0.3) is 10.9 Å². The Morgan fingerprint density at radius 3 is 3.06 bits per heavy atom. The first-order valence-corrected chi connectivity index (χ1v) is 5.16. The zero-order valence-corrected chi connectivity index (χ0v) is 9.23. The number of fused-ring (bicyclic) bond motifs is 1. The molecule has 0 saturated carbocycles. The Balaban J connectivity index is 2.42. The second kappa shape index (κ2) is 4.23. The molecule has 0 saturated heterocycles. The van der Waals surface area contributed by atoms with Gasteiger partial charge in [-0.05, 0) is 18.2 Å². The van der Waals surface area contributed by atoms with Crippen LogP contribution >= 0.6 is 0 Å². The minimum atomic E-state index is 0.0186. The maximum atomic E-state index is 12.1. The normalized spacial score (nSPS) is 10.3. The third-order valence-corrected chi connectivity index (χ3v) is 2.58. The molecule has 0 aliphatic heterocycles. The molecular formula is C13H14N2O. The molecule has 0 bridgehead atoms. The van der Waals surface area contributed by atoms with Gasteiger partial charge in [0.25, 0.3) is 5.91 Å². The smallest absolute Gasteiger partial charge is 0.254 e. The van der Waals surface area contributed by atoms with Crippen LogP contribution in [0.4, 0.5) is 0 Å². The van der Waals surface area contributed by atoms with E-state index >= 15 is 0 Å². The summed E-state index contributed by atoms with van der Waals surface area (Å²) < 4.78 is 0. The first kappa shape index (κ1) is 10.5. The van der Waals surface area contributed by atoms with E-state index in [1.807, 2.05) is 30.5 Å². The number of amides is 1. The van der Waals surface area contributed by atoms with Crippen molar-refractivity contribution in [2.75, 3.05) is 13.6 Å². The van der Waals surface area contributed by atoms with Crippen LogP contribution in [0.5, 0.6) is 0 Å². The molecule has 0 fully saturated rings. The van der Waals surface area contributed by atoms with E-state index in [0.29, 0.717) is 6.54 Å². The Morgan fingerprint density at radius 2 is 2.31 bits per heavy atom. The topological polar surface area (TPSA) is 36.1 Å². The van der Waals surface area contributed by atoms with Gasteiger partial charge in [-0.3, -0.25) is 4.79 Å². The van der Waals surface area contributed by atoms with Gasteiger partial charge in [0.2, 0.25) is 0 Å². The van der Waals surface area contributed by atoms with Gasteiger partial charge in [-0.25, -0.2) is 0 Å². The molecule has 1 N–H and O–H groups in total. The van der Waals surface area contributed by atoms with Gasteiger partial charge in [0.1, 0.15) is 0 Å². The minimum absolute atomic E-state index is 0.0186. The monoisotopic (exact) mass is 214 g/mol. The largest absolute Gasteiger partial charge is 0.361 e.